The molecule has 3 heteroatoms. The first-order valence-electron chi connectivity index (χ1n) is 4.64. The maximum atomic E-state index is 11.2. The summed E-state index contributed by atoms with van der Waals surface area (Å²) in [6, 6.07) is 0.396. The second-order valence-electron chi connectivity index (χ2n) is 3.63. The van der Waals surface area contributed by atoms with E-state index in [0.717, 1.165) is 19.4 Å². The van der Waals surface area contributed by atoms with Crippen molar-refractivity contribution in [3.63, 3.8) is 0 Å². The van der Waals surface area contributed by atoms with Crippen LogP contribution in [0.15, 0.2) is 0 Å². The van der Waals surface area contributed by atoms with Crippen LogP contribution in [0.25, 0.3) is 0 Å². The molecule has 0 spiro atoms. The van der Waals surface area contributed by atoms with Gasteiger partial charge in [-0.2, -0.15) is 0 Å². The van der Waals surface area contributed by atoms with Gasteiger partial charge in [-0.15, -0.1) is 0 Å². The van der Waals surface area contributed by atoms with E-state index in [1.807, 2.05) is 4.90 Å². The monoisotopic (exact) mass is 170 g/mol. The minimum absolute atomic E-state index is 0.192. The van der Waals surface area contributed by atoms with Crippen molar-refractivity contribution in [2.24, 2.45) is 11.7 Å². The molecule has 12 heavy (non-hydrogen) atoms. The molecular weight excluding hydrogens is 152 g/mol. The van der Waals surface area contributed by atoms with Gasteiger partial charge in [-0.05, 0) is 25.3 Å². The summed E-state index contributed by atoms with van der Waals surface area (Å²) in [5.41, 5.74) is 5.58. The van der Waals surface area contributed by atoms with Gasteiger partial charge in [0.25, 0.3) is 0 Å². The molecule has 1 rings (SSSR count). The molecule has 3 nitrogen and oxygen atoms in total. The number of carbonyl (C=O) groups excluding carboxylic acids is 1. The van der Waals surface area contributed by atoms with Crippen molar-refractivity contribution < 1.29 is 4.79 Å². The summed E-state index contributed by atoms with van der Waals surface area (Å²) in [6.07, 6.45) is 2.26. The van der Waals surface area contributed by atoms with Crippen molar-refractivity contribution in [3.05, 3.63) is 0 Å². The van der Waals surface area contributed by atoms with E-state index in [0.29, 0.717) is 18.5 Å². The summed E-state index contributed by atoms with van der Waals surface area (Å²) in [7, 11) is 0. The zero-order valence-electron chi connectivity index (χ0n) is 7.92. The number of carbonyl (C=O) groups is 1. The Morgan fingerprint density at radius 1 is 1.75 bits per heavy atom. The van der Waals surface area contributed by atoms with Crippen molar-refractivity contribution in [1.29, 1.82) is 0 Å². The lowest BCUT2D eigenvalue weighted by atomic mass is 10.00. The third-order valence-corrected chi connectivity index (χ3v) is 2.73. The highest BCUT2D eigenvalue weighted by Gasteiger charge is 2.29. The molecule has 1 fully saturated rings. The van der Waals surface area contributed by atoms with Crippen molar-refractivity contribution in [2.45, 2.75) is 32.7 Å². The fourth-order valence-corrected chi connectivity index (χ4v) is 1.93. The maximum absolute atomic E-state index is 11.2. The Balaban J connectivity index is 2.57. The highest BCUT2D eigenvalue weighted by Crippen LogP contribution is 2.23. The predicted octanol–water partition coefficient (Wildman–Crippen LogP) is 0.592. The quantitative estimate of drug-likeness (QED) is 0.659. The van der Waals surface area contributed by atoms with Crippen LogP contribution < -0.4 is 5.73 Å². The number of rotatable bonds is 2. The summed E-state index contributed by atoms with van der Waals surface area (Å²) in [5, 5.41) is 0. The van der Waals surface area contributed by atoms with Gasteiger partial charge < -0.3 is 10.6 Å². The summed E-state index contributed by atoms with van der Waals surface area (Å²) >= 11 is 0. The number of amides is 1. The molecule has 1 amide bonds. The second kappa shape index (κ2) is 3.90. The third-order valence-electron chi connectivity index (χ3n) is 2.73. The van der Waals surface area contributed by atoms with Crippen LogP contribution in [-0.2, 0) is 4.79 Å². The van der Waals surface area contributed by atoms with Crippen LogP contribution in [0.1, 0.15) is 26.7 Å². The number of hydrogen-bond donors (Lipinski definition) is 1. The van der Waals surface area contributed by atoms with E-state index in [1.165, 1.54) is 0 Å². The first kappa shape index (κ1) is 9.52. The Labute approximate surface area is 73.9 Å². The zero-order chi connectivity index (χ0) is 9.14. The molecule has 2 unspecified atom stereocenters. The topological polar surface area (TPSA) is 46.3 Å². The molecule has 0 saturated carbocycles. The van der Waals surface area contributed by atoms with Crippen LogP contribution in [0.4, 0.5) is 0 Å². The Morgan fingerprint density at radius 2 is 2.42 bits per heavy atom. The van der Waals surface area contributed by atoms with Gasteiger partial charge >= 0.3 is 0 Å². The van der Waals surface area contributed by atoms with E-state index in [1.54, 1.807) is 6.92 Å². The summed E-state index contributed by atoms with van der Waals surface area (Å²) < 4.78 is 0. The lowest BCUT2D eigenvalue weighted by Crippen LogP contribution is -2.40. The minimum Gasteiger partial charge on any atom is -0.340 e. The minimum atomic E-state index is 0.192. The highest BCUT2D eigenvalue weighted by atomic mass is 16.2. The predicted molar refractivity (Wildman–Crippen MR) is 48.6 cm³/mol. The molecule has 2 atom stereocenters. The Morgan fingerprint density at radius 3 is 2.92 bits per heavy atom. The summed E-state index contributed by atoms with van der Waals surface area (Å²) in [5.74, 6) is 0.634. The van der Waals surface area contributed by atoms with E-state index in [4.69, 9.17) is 5.73 Å². The Bertz CT molecular complexity index is 170. The van der Waals surface area contributed by atoms with E-state index in [-0.39, 0.29) is 5.91 Å². The normalized spacial score (nSPS) is 25.9. The van der Waals surface area contributed by atoms with Gasteiger partial charge in [0.05, 0.1) is 0 Å². The SMILES string of the molecule is CC(=O)N1CCCC1C(C)CN. The van der Waals surface area contributed by atoms with Gasteiger partial charge in [0.15, 0.2) is 0 Å². The highest BCUT2D eigenvalue weighted by molar-refractivity contribution is 5.73. The molecule has 0 aromatic rings. The standard InChI is InChI=1S/C9H18N2O/c1-7(6-10)9-4-3-5-11(9)8(2)12/h7,9H,3-6,10H2,1-2H3. The van der Waals surface area contributed by atoms with E-state index in [9.17, 15) is 4.79 Å². The van der Waals surface area contributed by atoms with Crippen LogP contribution in [-0.4, -0.2) is 29.9 Å². The lowest BCUT2D eigenvalue weighted by molar-refractivity contribution is -0.130. The molecule has 70 valence electrons. The molecule has 0 bridgehead atoms. The molecule has 1 aliphatic heterocycles. The summed E-state index contributed by atoms with van der Waals surface area (Å²) in [4.78, 5) is 13.1. The van der Waals surface area contributed by atoms with Gasteiger partial charge in [-0.1, -0.05) is 6.92 Å². The van der Waals surface area contributed by atoms with Crippen molar-refractivity contribution in [2.75, 3.05) is 13.1 Å². The number of likely N-dealkylation sites (tertiary alicyclic amines) is 1. The molecule has 2 N–H and O–H groups in total. The zero-order valence-corrected chi connectivity index (χ0v) is 7.92. The van der Waals surface area contributed by atoms with Crippen molar-refractivity contribution >= 4 is 5.91 Å². The molecular formula is C9H18N2O. The first-order chi connectivity index (χ1) is 5.66. The van der Waals surface area contributed by atoms with Gasteiger partial charge in [-0.3, -0.25) is 4.79 Å². The maximum Gasteiger partial charge on any atom is 0.219 e. The van der Waals surface area contributed by atoms with Gasteiger partial charge in [0.2, 0.25) is 5.91 Å². The van der Waals surface area contributed by atoms with E-state index < -0.39 is 0 Å². The van der Waals surface area contributed by atoms with Gasteiger partial charge in [0.1, 0.15) is 0 Å². The van der Waals surface area contributed by atoms with Crippen LogP contribution in [0.2, 0.25) is 0 Å². The van der Waals surface area contributed by atoms with Gasteiger partial charge in [0, 0.05) is 19.5 Å². The van der Waals surface area contributed by atoms with Crippen molar-refractivity contribution in [3.8, 4) is 0 Å². The van der Waals surface area contributed by atoms with Crippen LogP contribution in [0.5, 0.6) is 0 Å². The average Bonchev–Trinajstić information content (AvgIpc) is 2.50. The fourth-order valence-electron chi connectivity index (χ4n) is 1.93. The van der Waals surface area contributed by atoms with E-state index in [2.05, 4.69) is 6.92 Å². The van der Waals surface area contributed by atoms with Crippen molar-refractivity contribution in [1.82, 2.24) is 4.90 Å². The first-order valence-corrected chi connectivity index (χ1v) is 4.64. The molecule has 1 aliphatic rings. The molecule has 0 aromatic heterocycles. The number of hydrogen-bond acceptors (Lipinski definition) is 2. The van der Waals surface area contributed by atoms with Gasteiger partial charge in [-0.25, -0.2) is 0 Å². The molecule has 1 saturated heterocycles. The average molecular weight is 170 g/mol. The number of nitrogens with two attached hydrogens (primary N) is 1. The molecule has 1 heterocycles. The second-order valence-corrected chi connectivity index (χ2v) is 3.63. The lowest BCUT2D eigenvalue weighted by Gasteiger charge is -2.27. The molecule has 0 aromatic carbocycles. The van der Waals surface area contributed by atoms with Crippen LogP contribution >= 0.6 is 0 Å². The Kier molecular flexibility index (Phi) is 3.09. The Hall–Kier alpha value is -0.570. The largest absolute Gasteiger partial charge is 0.340 e. The summed E-state index contributed by atoms with van der Waals surface area (Å²) in [6.45, 7) is 5.35. The molecule has 0 aliphatic carbocycles. The third kappa shape index (κ3) is 1.78. The smallest absolute Gasteiger partial charge is 0.219 e. The number of nitrogens with zero attached hydrogens (tertiary/aromatic N) is 1. The fraction of sp³-hybridized carbons (Fsp3) is 0.889. The molecule has 0 radical (unpaired) electrons. The van der Waals surface area contributed by atoms with Crippen LogP contribution in [0.3, 0.4) is 0 Å². The van der Waals surface area contributed by atoms with E-state index >= 15 is 0 Å². The van der Waals surface area contributed by atoms with Crippen LogP contribution in [0, 0.1) is 5.92 Å².